The second-order valence-electron chi connectivity index (χ2n) is 3.29. The highest BCUT2D eigenvalue weighted by molar-refractivity contribution is 5.97. The normalized spacial score (nSPS) is 10.3. The summed E-state index contributed by atoms with van der Waals surface area (Å²) >= 11 is 0. The molecule has 1 heterocycles. The van der Waals surface area contributed by atoms with Crippen LogP contribution in [0.2, 0.25) is 0 Å². The summed E-state index contributed by atoms with van der Waals surface area (Å²) in [4.78, 5) is 13.4. The van der Waals surface area contributed by atoms with E-state index in [4.69, 9.17) is 5.73 Å². The highest BCUT2D eigenvalue weighted by atomic mass is 16.2. The van der Waals surface area contributed by atoms with E-state index in [-0.39, 0.29) is 5.91 Å². The van der Waals surface area contributed by atoms with Gasteiger partial charge in [-0.3, -0.25) is 9.48 Å². The van der Waals surface area contributed by atoms with E-state index in [1.807, 2.05) is 6.92 Å². The minimum absolute atomic E-state index is 0.0897. The first-order valence-corrected chi connectivity index (χ1v) is 4.53. The number of aromatic nitrogens is 2. The molecular formula is C9H16N4O. The molecule has 0 aliphatic carbocycles. The van der Waals surface area contributed by atoms with Gasteiger partial charge in [-0.25, -0.2) is 0 Å². The Morgan fingerprint density at radius 3 is 2.57 bits per heavy atom. The smallest absolute Gasteiger partial charge is 0.274 e. The molecule has 0 saturated heterocycles. The monoisotopic (exact) mass is 196 g/mol. The van der Waals surface area contributed by atoms with Crippen LogP contribution in [-0.2, 0) is 7.05 Å². The summed E-state index contributed by atoms with van der Waals surface area (Å²) in [5, 5.41) is 4.09. The molecule has 0 aromatic carbocycles. The minimum atomic E-state index is -0.0897. The average molecular weight is 196 g/mol. The minimum Gasteiger partial charge on any atom is -0.395 e. The molecule has 0 fully saturated rings. The molecular weight excluding hydrogens is 180 g/mol. The first kappa shape index (κ1) is 10.6. The van der Waals surface area contributed by atoms with Crippen molar-refractivity contribution in [3.05, 3.63) is 11.4 Å². The van der Waals surface area contributed by atoms with E-state index in [2.05, 4.69) is 5.10 Å². The molecule has 0 atom stereocenters. The van der Waals surface area contributed by atoms with Crippen LogP contribution in [0.4, 0.5) is 5.69 Å². The van der Waals surface area contributed by atoms with E-state index in [0.717, 1.165) is 0 Å². The average Bonchev–Trinajstić information content (AvgIpc) is 2.39. The fraction of sp³-hybridized carbons (Fsp3) is 0.556. The summed E-state index contributed by atoms with van der Waals surface area (Å²) in [5.41, 5.74) is 7.40. The number of aryl methyl sites for hydroxylation is 2. The standard InChI is InChI=1S/C9H16N4O/c1-5-12(3)9(14)8-7(10)6(2)11-13(8)4/h5,10H2,1-4H3. The maximum Gasteiger partial charge on any atom is 0.274 e. The van der Waals surface area contributed by atoms with Gasteiger partial charge >= 0.3 is 0 Å². The fourth-order valence-electron chi connectivity index (χ4n) is 1.25. The number of nitrogens with zero attached hydrogens (tertiary/aromatic N) is 3. The number of anilines is 1. The summed E-state index contributed by atoms with van der Waals surface area (Å²) < 4.78 is 1.53. The van der Waals surface area contributed by atoms with Gasteiger partial charge in [0.2, 0.25) is 0 Å². The Balaban J connectivity index is 3.12. The van der Waals surface area contributed by atoms with Gasteiger partial charge in [0.15, 0.2) is 0 Å². The van der Waals surface area contributed by atoms with E-state index >= 15 is 0 Å². The predicted octanol–water partition coefficient (Wildman–Crippen LogP) is 0.403. The molecule has 1 rings (SSSR count). The molecule has 78 valence electrons. The summed E-state index contributed by atoms with van der Waals surface area (Å²) in [5.74, 6) is -0.0897. The Morgan fingerprint density at radius 2 is 2.21 bits per heavy atom. The highest BCUT2D eigenvalue weighted by Crippen LogP contribution is 2.16. The molecule has 0 bridgehead atoms. The van der Waals surface area contributed by atoms with Crippen LogP contribution in [0.5, 0.6) is 0 Å². The Morgan fingerprint density at radius 1 is 1.64 bits per heavy atom. The lowest BCUT2D eigenvalue weighted by Gasteiger charge is -2.14. The number of amides is 1. The number of nitrogen functional groups attached to an aromatic ring is 1. The molecule has 2 N–H and O–H groups in total. The van der Waals surface area contributed by atoms with Gasteiger partial charge in [0.1, 0.15) is 5.69 Å². The second kappa shape index (κ2) is 3.69. The SMILES string of the molecule is CCN(C)C(=O)c1c(N)c(C)nn1C. The Bertz CT molecular complexity index is 356. The van der Waals surface area contributed by atoms with E-state index in [1.54, 1.807) is 25.9 Å². The molecule has 0 aliphatic heterocycles. The molecule has 0 spiro atoms. The summed E-state index contributed by atoms with van der Waals surface area (Å²) in [6, 6.07) is 0. The fourth-order valence-corrected chi connectivity index (χ4v) is 1.25. The van der Waals surface area contributed by atoms with Crippen LogP contribution in [0.1, 0.15) is 23.1 Å². The van der Waals surface area contributed by atoms with Gasteiger partial charge in [-0.15, -0.1) is 0 Å². The Hall–Kier alpha value is -1.52. The van der Waals surface area contributed by atoms with Crippen molar-refractivity contribution < 1.29 is 4.79 Å². The molecule has 0 unspecified atom stereocenters. The van der Waals surface area contributed by atoms with Gasteiger partial charge in [-0.1, -0.05) is 0 Å². The number of carbonyl (C=O) groups is 1. The highest BCUT2D eigenvalue weighted by Gasteiger charge is 2.19. The maximum absolute atomic E-state index is 11.8. The van der Waals surface area contributed by atoms with Crippen LogP contribution in [0.15, 0.2) is 0 Å². The van der Waals surface area contributed by atoms with Crippen LogP contribution in [0.3, 0.4) is 0 Å². The molecule has 1 amide bonds. The zero-order valence-corrected chi connectivity index (χ0v) is 9.03. The zero-order chi connectivity index (χ0) is 10.9. The van der Waals surface area contributed by atoms with Gasteiger partial charge in [0, 0.05) is 20.6 Å². The lowest BCUT2D eigenvalue weighted by molar-refractivity contribution is 0.0792. The molecule has 0 radical (unpaired) electrons. The van der Waals surface area contributed by atoms with E-state index in [9.17, 15) is 4.79 Å². The van der Waals surface area contributed by atoms with Crippen LogP contribution < -0.4 is 5.73 Å². The van der Waals surface area contributed by atoms with Gasteiger partial charge < -0.3 is 10.6 Å². The van der Waals surface area contributed by atoms with Crippen molar-refractivity contribution in [1.29, 1.82) is 0 Å². The number of hydrogen-bond acceptors (Lipinski definition) is 3. The molecule has 1 aromatic heterocycles. The summed E-state index contributed by atoms with van der Waals surface area (Å²) in [6.07, 6.45) is 0. The van der Waals surface area contributed by atoms with Crippen molar-refractivity contribution in [2.24, 2.45) is 7.05 Å². The largest absolute Gasteiger partial charge is 0.395 e. The first-order chi connectivity index (χ1) is 6.49. The van der Waals surface area contributed by atoms with Crippen LogP contribution in [0, 0.1) is 6.92 Å². The number of rotatable bonds is 2. The van der Waals surface area contributed by atoms with Crippen LogP contribution in [0.25, 0.3) is 0 Å². The first-order valence-electron chi connectivity index (χ1n) is 4.53. The molecule has 0 saturated carbocycles. The predicted molar refractivity (Wildman–Crippen MR) is 55.0 cm³/mol. The third-order valence-electron chi connectivity index (χ3n) is 2.29. The van der Waals surface area contributed by atoms with Crippen molar-refractivity contribution in [2.75, 3.05) is 19.3 Å². The van der Waals surface area contributed by atoms with Crippen LogP contribution in [-0.4, -0.2) is 34.2 Å². The second-order valence-corrected chi connectivity index (χ2v) is 3.29. The lowest BCUT2D eigenvalue weighted by atomic mass is 10.3. The Labute approximate surface area is 83.5 Å². The number of hydrogen-bond donors (Lipinski definition) is 1. The topological polar surface area (TPSA) is 64.2 Å². The van der Waals surface area contributed by atoms with Crippen molar-refractivity contribution in [2.45, 2.75) is 13.8 Å². The van der Waals surface area contributed by atoms with Gasteiger partial charge in [0.05, 0.1) is 11.4 Å². The van der Waals surface area contributed by atoms with Crippen molar-refractivity contribution in [3.8, 4) is 0 Å². The third-order valence-corrected chi connectivity index (χ3v) is 2.29. The van der Waals surface area contributed by atoms with Gasteiger partial charge in [-0.05, 0) is 13.8 Å². The zero-order valence-electron chi connectivity index (χ0n) is 9.03. The molecule has 1 aromatic rings. The van der Waals surface area contributed by atoms with Gasteiger partial charge in [0.25, 0.3) is 5.91 Å². The van der Waals surface area contributed by atoms with E-state index < -0.39 is 0 Å². The molecule has 0 aliphatic rings. The quantitative estimate of drug-likeness (QED) is 0.744. The third kappa shape index (κ3) is 1.57. The summed E-state index contributed by atoms with van der Waals surface area (Å²) in [7, 11) is 3.46. The van der Waals surface area contributed by atoms with E-state index in [1.165, 1.54) is 4.68 Å². The van der Waals surface area contributed by atoms with E-state index in [0.29, 0.717) is 23.6 Å². The van der Waals surface area contributed by atoms with Crippen molar-refractivity contribution in [1.82, 2.24) is 14.7 Å². The van der Waals surface area contributed by atoms with Crippen molar-refractivity contribution in [3.63, 3.8) is 0 Å². The Kier molecular flexibility index (Phi) is 2.78. The van der Waals surface area contributed by atoms with Crippen LogP contribution >= 0.6 is 0 Å². The lowest BCUT2D eigenvalue weighted by Crippen LogP contribution is -2.28. The number of nitrogens with two attached hydrogens (primary N) is 1. The number of carbonyl (C=O) groups excluding carboxylic acids is 1. The van der Waals surface area contributed by atoms with Gasteiger partial charge in [-0.2, -0.15) is 5.10 Å². The summed E-state index contributed by atoms with van der Waals surface area (Å²) in [6.45, 7) is 4.36. The maximum atomic E-state index is 11.8. The molecule has 14 heavy (non-hydrogen) atoms. The molecule has 5 heteroatoms. The molecule has 5 nitrogen and oxygen atoms in total. The van der Waals surface area contributed by atoms with Crippen molar-refractivity contribution >= 4 is 11.6 Å².